The van der Waals surface area contributed by atoms with Crippen LogP contribution in [0.1, 0.15) is 15.9 Å². The first-order chi connectivity index (χ1) is 8.48. The van der Waals surface area contributed by atoms with E-state index >= 15 is 0 Å². The summed E-state index contributed by atoms with van der Waals surface area (Å²) in [6.45, 7) is 0. The van der Waals surface area contributed by atoms with E-state index in [9.17, 15) is 31.1 Å². The Morgan fingerprint density at radius 1 is 1.16 bits per heavy atom. The minimum absolute atomic E-state index is 0.239. The Hall–Kier alpha value is -1.44. The van der Waals surface area contributed by atoms with Crippen LogP contribution in [-0.4, -0.2) is 19.1 Å². The number of carbonyl (C=O) groups excluding carboxylic acids is 1. The lowest BCUT2D eigenvalue weighted by Gasteiger charge is -2.14. The van der Waals surface area contributed by atoms with Crippen LogP contribution in [0.25, 0.3) is 0 Å². The van der Waals surface area contributed by atoms with E-state index in [2.05, 4.69) is 4.74 Å². The minimum atomic E-state index is -5.27. The lowest BCUT2D eigenvalue weighted by atomic mass is 10.1. The standard InChI is InChI=1S/C10H5ClF6O2/c1-19-6-3-4(9(12,13)14)2-5(11)7(6)8(18)10(15,16)17/h2-3H,1H3. The van der Waals surface area contributed by atoms with E-state index in [1.54, 1.807) is 0 Å². The zero-order chi connectivity index (χ0) is 15.0. The number of hydrogen-bond donors (Lipinski definition) is 0. The highest BCUT2D eigenvalue weighted by Crippen LogP contribution is 2.39. The van der Waals surface area contributed by atoms with Crippen molar-refractivity contribution in [3.8, 4) is 5.75 Å². The maximum atomic E-state index is 12.4. The van der Waals surface area contributed by atoms with Gasteiger partial charge in [0.15, 0.2) is 0 Å². The van der Waals surface area contributed by atoms with Gasteiger partial charge in [0.2, 0.25) is 0 Å². The summed E-state index contributed by atoms with van der Waals surface area (Å²) >= 11 is 5.32. The van der Waals surface area contributed by atoms with Crippen molar-refractivity contribution in [2.45, 2.75) is 12.4 Å². The van der Waals surface area contributed by atoms with Crippen LogP contribution >= 0.6 is 11.6 Å². The van der Waals surface area contributed by atoms with Gasteiger partial charge in [0, 0.05) is 0 Å². The number of hydrogen-bond acceptors (Lipinski definition) is 2. The normalized spacial score (nSPS) is 12.4. The summed E-state index contributed by atoms with van der Waals surface area (Å²) in [7, 11) is 0.832. The lowest BCUT2D eigenvalue weighted by molar-refractivity contribution is -0.137. The highest BCUT2D eigenvalue weighted by molar-refractivity contribution is 6.34. The van der Waals surface area contributed by atoms with Crippen LogP contribution in [0.3, 0.4) is 0 Å². The zero-order valence-corrected chi connectivity index (χ0v) is 9.87. The van der Waals surface area contributed by atoms with Crippen molar-refractivity contribution < 1.29 is 35.9 Å². The Morgan fingerprint density at radius 3 is 2.05 bits per heavy atom. The highest BCUT2D eigenvalue weighted by Gasteiger charge is 2.43. The van der Waals surface area contributed by atoms with Crippen molar-refractivity contribution in [3.63, 3.8) is 0 Å². The molecule has 0 radical (unpaired) electrons. The summed E-state index contributed by atoms with van der Waals surface area (Å²) in [5.41, 5.74) is -2.46. The predicted octanol–water partition coefficient (Wildman–Crippen LogP) is 4.11. The average molecular weight is 307 g/mol. The molecule has 0 aliphatic carbocycles. The number of benzene rings is 1. The summed E-state index contributed by atoms with van der Waals surface area (Å²) in [6, 6.07) is 0.522. The van der Waals surface area contributed by atoms with Gasteiger partial charge in [0.25, 0.3) is 5.78 Å². The number of methoxy groups -OCH3 is 1. The molecule has 0 atom stereocenters. The third-order valence-electron chi connectivity index (χ3n) is 2.09. The molecule has 19 heavy (non-hydrogen) atoms. The van der Waals surface area contributed by atoms with Crippen LogP contribution in [0.15, 0.2) is 12.1 Å². The molecule has 0 aromatic heterocycles. The third-order valence-corrected chi connectivity index (χ3v) is 2.38. The molecule has 0 saturated carbocycles. The molecule has 2 nitrogen and oxygen atoms in total. The molecule has 0 saturated heterocycles. The molecule has 0 N–H and O–H groups in total. The van der Waals surface area contributed by atoms with Crippen LogP contribution in [0.5, 0.6) is 5.75 Å². The molecule has 106 valence electrons. The second-order valence-electron chi connectivity index (χ2n) is 3.36. The van der Waals surface area contributed by atoms with Crippen molar-refractivity contribution in [1.29, 1.82) is 0 Å². The molecule has 0 aliphatic heterocycles. The van der Waals surface area contributed by atoms with Crippen LogP contribution in [-0.2, 0) is 6.18 Å². The number of carbonyl (C=O) groups is 1. The maximum absolute atomic E-state index is 12.4. The van der Waals surface area contributed by atoms with Gasteiger partial charge in [0.1, 0.15) is 5.75 Å². The summed E-state index contributed by atoms with van der Waals surface area (Å²) in [4.78, 5) is 11.1. The molecule has 1 rings (SSSR count). The molecule has 0 bridgehead atoms. The van der Waals surface area contributed by atoms with Crippen molar-refractivity contribution in [3.05, 3.63) is 28.3 Å². The lowest BCUT2D eigenvalue weighted by Crippen LogP contribution is -2.24. The fourth-order valence-electron chi connectivity index (χ4n) is 1.27. The number of Topliss-reactive ketones (excluding diaryl/α,β-unsaturated/α-hetero) is 1. The van der Waals surface area contributed by atoms with Gasteiger partial charge in [0.05, 0.1) is 23.3 Å². The van der Waals surface area contributed by atoms with Crippen molar-refractivity contribution in [2.75, 3.05) is 7.11 Å². The first-order valence-electron chi connectivity index (χ1n) is 4.54. The van der Waals surface area contributed by atoms with Gasteiger partial charge in [-0.25, -0.2) is 0 Å². The third kappa shape index (κ3) is 3.31. The smallest absolute Gasteiger partial charge is 0.455 e. The van der Waals surface area contributed by atoms with Gasteiger partial charge in [-0.2, -0.15) is 26.3 Å². The highest BCUT2D eigenvalue weighted by atomic mass is 35.5. The molecule has 0 spiro atoms. The van der Waals surface area contributed by atoms with Gasteiger partial charge < -0.3 is 4.74 Å². The second-order valence-corrected chi connectivity index (χ2v) is 3.77. The van der Waals surface area contributed by atoms with Gasteiger partial charge in [-0.05, 0) is 12.1 Å². The van der Waals surface area contributed by atoms with Crippen molar-refractivity contribution in [2.24, 2.45) is 0 Å². The number of ether oxygens (including phenoxy) is 1. The molecule has 9 heteroatoms. The average Bonchev–Trinajstić information content (AvgIpc) is 2.24. The monoisotopic (exact) mass is 306 g/mol. The Morgan fingerprint density at radius 2 is 1.68 bits per heavy atom. The molecule has 0 unspecified atom stereocenters. The predicted molar refractivity (Wildman–Crippen MR) is 53.4 cm³/mol. The van der Waals surface area contributed by atoms with E-state index < -0.39 is 40.0 Å². The quantitative estimate of drug-likeness (QED) is 0.607. The molecule has 1 aromatic rings. The van der Waals surface area contributed by atoms with E-state index in [-0.39, 0.29) is 12.1 Å². The molecule has 0 amide bonds. The van der Waals surface area contributed by atoms with E-state index in [0.29, 0.717) is 0 Å². The minimum Gasteiger partial charge on any atom is -0.496 e. The molecule has 0 fully saturated rings. The SMILES string of the molecule is COc1cc(C(F)(F)F)cc(Cl)c1C(=O)C(F)(F)F. The molecule has 0 aliphatic rings. The van der Waals surface area contributed by atoms with E-state index in [1.165, 1.54) is 0 Å². The van der Waals surface area contributed by atoms with Crippen molar-refractivity contribution in [1.82, 2.24) is 0 Å². The Kier molecular flexibility index (Phi) is 4.04. The maximum Gasteiger partial charge on any atom is 0.455 e. The summed E-state index contributed by atoms with van der Waals surface area (Å²) < 4.78 is 78.5. The number of alkyl halides is 6. The fourth-order valence-corrected chi connectivity index (χ4v) is 1.56. The van der Waals surface area contributed by atoms with Crippen LogP contribution in [0.4, 0.5) is 26.3 Å². The van der Waals surface area contributed by atoms with Crippen molar-refractivity contribution >= 4 is 17.4 Å². The molecular formula is C10H5ClF6O2. The first kappa shape index (κ1) is 15.6. The Balaban J connectivity index is 3.48. The topological polar surface area (TPSA) is 26.3 Å². The number of rotatable bonds is 2. The Bertz CT molecular complexity index is 506. The van der Waals surface area contributed by atoms with E-state index in [4.69, 9.17) is 11.6 Å². The zero-order valence-electron chi connectivity index (χ0n) is 9.12. The summed E-state index contributed by atoms with van der Waals surface area (Å²) in [6.07, 6.45) is -10.1. The van der Waals surface area contributed by atoms with Crippen LogP contribution in [0.2, 0.25) is 5.02 Å². The summed E-state index contributed by atoms with van der Waals surface area (Å²) in [5.74, 6) is -3.26. The largest absolute Gasteiger partial charge is 0.496 e. The number of halogens is 7. The Labute approximate surface area is 107 Å². The molecule has 1 aromatic carbocycles. The van der Waals surface area contributed by atoms with Crippen LogP contribution in [0, 0.1) is 0 Å². The van der Waals surface area contributed by atoms with Gasteiger partial charge >= 0.3 is 12.4 Å². The summed E-state index contributed by atoms with van der Waals surface area (Å²) in [5, 5.41) is -0.978. The molecule has 0 heterocycles. The van der Waals surface area contributed by atoms with E-state index in [1.807, 2.05) is 0 Å². The van der Waals surface area contributed by atoms with E-state index in [0.717, 1.165) is 7.11 Å². The first-order valence-corrected chi connectivity index (χ1v) is 4.92. The fraction of sp³-hybridized carbons (Fsp3) is 0.300. The van der Waals surface area contributed by atoms with Gasteiger partial charge in [-0.1, -0.05) is 11.6 Å². The van der Waals surface area contributed by atoms with Gasteiger partial charge in [-0.15, -0.1) is 0 Å². The molecular weight excluding hydrogens is 302 g/mol. The number of ketones is 1. The second kappa shape index (κ2) is 4.92. The van der Waals surface area contributed by atoms with Crippen LogP contribution < -0.4 is 4.74 Å². The van der Waals surface area contributed by atoms with Gasteiger partial charge in [-0.3, -0.25) is 4.79 Å².